The van der Waals surface area contributed by atoms with E-state index in [2.05, 4.69) is 5.32 Å². The van der Waals surface area contributed by atoms with Gasteiger partial charge in [0.1, 0.15) is 0 Å². The van der Waals surface area contributed by atoms with E-state index in [1.165, 1.54) is 44.1 Å². The molecule has 0 unspecified atom stereocenters. The van der Waals surface area contributed by atoms with E-state index >= 15 is 0 Å². The van der Waals surface area contributed by atoms with Crippen LogP contribution in [-0.4, -0.2) is 23.8 Å². The zero-order chi connectivity index (χ0) is 15.8. The lowest BCUT2D eigenvalue weighted by atomic mass is 10.0. The number of hydrogen-bond donors (Lipinski definition) is 1. The monoisotopic (exact) mass is 298 g/mol. The van der Waals surface area contributed by atoms with Crippen LogP contribution in [0.3, 0.4) is 0 Å². The molecule has 5 heteroatoms. The minimum Gasteiger partial charge on any atom is -0.317 e. The van der Waals surface area contributed by atoms with Crippen molar-refractivity contribution in [3.8, 4) is 0 Å². The van der Waals surface area contributed by atoms with Gasteiger partial charge in [0, 0.05) is 23.3 Å². The molecule has 2 aromatic rings. The Kier molecular flexibility index (Phi) is 5.80. The van der Waals surface area contributed by atoms with Crippen molar-refractivity contribution < 1.29 is 9.72 Å². The van der Waals surface area contributed by atoms with Gasteiger partial charge in [-0.15, -0.1) is 0 Å². The summed E-state index contributed by atoms with van der Waals surface area (Å²) in [4.78, 5) is 22.1. The van der Waals surface area contributed by atoms with Crippen molar-refractivity contribution >= 4 is 11.5 Å². The van der Waals surface area contributed by atoms with Gasteiger partial charge < -0.3 is 5.32 Å². The number of benzene rings is 2. The molecule has 22 heavy (non-hydrogen) atoms. The SMILES string of the molecule is C1CCNC1.O=C(c1ccccc1)c1cccc([N+](=O)[O-])c1. The van der Waals surface area contributed by atoms with Gasteiger partial charge in [-0.3, -0.25) is 14.9 Å². The third-order valence-electron chi connectivity index (χ3n) is 3.31. The fourth-order valence-corrected chi connectivity index (χ4v) is 2.14. The maximum absolute atomic E-state index is 12.0. The number of ketones is 1. The number of nitro groups is 1. The summed E-state index contributed by atoms with van der Waals surface area (Å²) in [5.41, 5.74) is 0.769. The maximum atomic E-state index is 12.0. The summed E-state index contributed by atoms with van der Waals surface area (Å²) in [6, 6.07) is 14.4. The second-order valence-electron chi connectivity index (χ2n) is 4.96. The molecular formula is C17H18N2O3. The Morgan fingerprint density at radius 3 is 2.14 bits per heavy atom. The zero-order valence-corrected chi connectivity index (χ0v) is 12.2. The minimum atomic E-state index is -0.512. The van der Waals surface area contributed by atoms with E-state index < -0.39 is 4.92 Å². The smallest absolute Gasteiger partial charge is 0.270 e. The van der Waals surface area contributed by atoms with Crippen LogP contribution in [0.1, 0.15) is 28.8 Å². The molecule has 1 saturated heterocycles. The van der Waals surface area contributed by atoms with Gasteiger partial charge >= 0.3 is 0 Å². The van der Waals surface area contributed by atoms with Gasteiger partial charge in [0.2, 0.25) is 0 Å². The summed E-state index contributed by atoms with van der Waals surface area (Å²) < 4.78 is 0. The standard InChI is InChI=1S/C13H9NO3.C4H9N/c15-13(10-5-2-1-3-6-10)11-7-4-8-12(9-11)14(16)17;1-2-4-5-3-1/h1-9H;5H,1-4H2. The lowest BCUT2D eigenvalue weighted by Gasteiger charge is -2.00. The van der Waals surface area contributed by atoms with Crippen LogP contribution >= 0.6 is 0 Å². The van der Waals surface area contributed by atoms with Crippen molar-refractivity contribution in [3.05, 3.63) is 75.8 Å². The highest BCUT2D eigenvalue weighted by Gasteiger charge is 2.12. The molecule has 0 aliphatic carbocycles. The normalized spacial score (nSPS) is 13.1. The summed E-state index contributed by atoms with van der Waals surface area (Å²) in [5.74, 6) is -0.214. The van der Waals surface area contributed by atoms with Crippen LogP contribution in [0.25, 0.3) is 0 Å². The topological polar surface area (TPSA) is 72.2 Å². The van der Waals surface area contributed by atoms with E-state index in [4.69, 9.17) is 0 Å². The van der Waals surface area contributed by atoms with Crippen LogP contribution < -0.4 is 5.32 Å². The van der Waals surface area contributed by atoms with Gasteiger partial charge in [-0.2, -0.15) is 0 Å². The van der Waals surface area contributed by atoms with Crippen LogP contribution in [0, 0.1) is 10.1 Å². The molecule has 0 aromatic heterocycles. The summed E-state index contributed by atoms with van der Waals surface area (Å²) in [7, 11) is 0. The van der Waals surface area contributed by atoms with Gasteiger partial charge in [-0.1, -0.05) is 42.5 Å². The molecule has 5 nitrogen and oxygen atoms in total. The molecule has 2 aromatic carbocycles. The van der Waals surface area contributed by atoms with Crippen molar-refractivity contribution in [2.45, 2.75) is 12.8 Å². The molecule has 1 N–H and O–H groups in total. The van der Waals surface area contributed by atoms with Gasteiger partial charge in [-0.05, 0) is 25.9 Å². The predicted molar refractivity (Wildman–Crippen MR) is 85.1 cm³/mol. The van der Waals surface area contributed by atoms with Crippen molar-refractivity contribution in [3.63, 3.8) is 0 Å². The molecule has 1 aliphatic heterocycles. The van der Waals surface area contributed by atoms with Crippen LogP contribution in [-0.2, 0) is 0 Å². The Labute approximate surface area is 129 Å². The van der Waals surface area contributed by atoms with Gasteiger partial charge in [-0.25, -0.2) is 0 Å². The molecule has 0 bridgehead atoms. The highest BCUT2D eigenvalue weighted by molar-refractivity contribution is 6.09. The molecule has 3 rings (SSSR count). The van der Waals surface area contributed by atoms with Crippen molar-refractivity contribution in [1.82, 2.24) is 5.32 Å². The van der Waals surface area contributed by atoms with Crippen LogP contribution in [0.5, 0.6) is 0 Å². The Balaban J connectivity index is 0.000000299. The number of nitrogens with zero attached hydrogens (tertiary/aromatic N) is 1. The number of carbonyl (C=O) groups excluding carboxylic acids is 1. The molecule has 1 heterocycles. The molecule has 0 saturated carbocycles. The number of carbonyl (C=O) groups is 1. The molecule has 0 radical (unpaired) electrons. The number of non-ortho nitro benzene ring substituents is 1. The lowest BCUT2D eigenvalue weighted by molar-refractivity contribution is -0.384. The molecule has 1 fully saturated rings. The van der Waals surface area contributed by atoms with E-state index in [-0.39, 0.29) is 11.5 Å². The van der Waals surface area contributed by atoms with E-state index in [1.807, 2.05) is 6.07 Å². The quantitative estimate of drug-likeness (QED) is 0.536. The average Bonchev–Trinajstić information content (AvgIpc) is 3.15. The predicted octanol–water partition coefficient (Wildman–Crippen LogP) is 3.20. The summed E-state index contributed by atoms with van der Waals surface area (Å²) in [6.45, 7) is 2.50. The summed E-state index contributed by atoms with van der Waals surface area (Å²) >= 11 is 0. The Morgan fingerprint density at radius 2 is 1.59 bits per heavy atom. The second kappa shape index (κ2) is 8.05. The summed E-state index contributed by atoms with van der Waals surface area (Å²) in [5, 5.41) is 13.8. The molecule has 1 aliphatic rings. The first-order chi connectivity index (χ1) is 10.7. The van der Waals surface area contributed by atoms with E-state index in [1.54, 1.807) is 30.3 Å². The lowest BCUT2D eigenvalue weighted by Crippen LogP contribution is -2.03. The molecular weight excluding hydrogens is 280 g/mol. The minimum absolute atomic E-state index is 0.0771. The Morgan fingerprint density at radius 1 is 0.955 bits per heavy atom. The van der Waals surface area contributed by atoms with Gasteiger partial charge in [0.15, 0.2) is 5.78 Å². The first-order valence-electron chi connectivity index (χ1n) is 7.23. The van der Waals surface area contributed by atoms with Crippen molar-refractivity contribution in [2.75, 3.05) is 13.1 Å². The first-order valence-corrected chi connectivity index (χ1v) is 7.23. The highest BCUT2D eigenvalue weighted by Crippen LogP contribution is 2.16. The molecule has 114 valence electrons. The number of nitro benzene ring substituents is 1. The van der Waals surface area contributed by atoms with Crippen LogP contribution in [0.2, 0.25) is 0 Å². The number of nitrogens with one attached hydrogen (secondary N) is 1. The van der Waals surface area contributed by atoms with Crippen molar-refractivity contribution in [1.29, 1.82) is 0 Å². The number of hydrogen-bond acceptors (Lipinski definition) is 4. The number of rotatable bonds is 3. The third kappa shape index (κ3) is 4.49. The van der Waals surface area contributed by atoms with E-state index in [9.17, 15) is 14.9 Å². The fourth-order valence-electron chi connectivity index (χ4n) is 2.14. The van der Waals surface area contributed by atoms with E-state index in [0.717, 1.165) is 0 Å². The largest absolute Gasteiger partial charge is 0.317 e. The van der Waals surface area contributed by atoms with E-state index in [0.29, 0.717) is 11.1 Å². The molecule has 0 atom stereocenters. The second-order valence-corrected chi connectivity index (χ2v) is 4.96. The fraction of sp³-hybridized carbons (Fsp3) is 0.235. The average molecular weight is 298 g/mol. The molecule has 0 amide bonds. The molecule has 0 spiro atoms. The Hall–Kier alpha value is -2.53. The van der Waals surface area contributed by atoms with Gasteiger partial charge in [0.05, 0.1) is 4.92 Å². The van der Waals surface area contributed by atoms with Crippen LogP contribution in [0.15, 0.2) is 54.6 Å². The highest BCUT2D eigenvalue weighted by atomic mass is 16.6. The third-order valence-corrected chi connectivity index (χ3v) is 3.31. The summed E-state index contributed by atoms with van der Waals surface area (Å²) in [6.07, 6.45) is 2.78. The Bertz CT molecular complexity index is 630. The van der Waals surface area contributed by atoms with Crippen molar-refractivity contribution in [2.24, 2.45) is 0 Å². The zero-order valence-electron chi connectivity index (χ0n) is 12.2. The first kappa shape index (κ1) is 15.9. The maximum Gasteiger partial charge on any atom is 0.270 e. The van der Waals surface area contributed by atoms with Gasteiger partial charge in [0.25, 0.3) is 5.69 Å². The van der Waals surface area contributed by atoms with Crippen LogP contribution in [0.4, 0.5) is 5.69 Å².